The zero-order chi connectivity index (χ0) is 13.1. The van der Waals surface area contributed by atoms with Crippen LogP contribution in [0.25, 0.3) is 0 Å². The van der Waals surface area contributed by atoms with Gasteiger partial charge in [0.25, 0.3) is 5.69 Å². The quantitative estimate of drug-likeness (QED) is 0.601. The molecule has 4 nitrogen and oxygen atoms in total. The van der Waals surface area contributed by atoms with Crippen molar-refractivity contribution in [1.29, 1.82) is 0 Å². The second-order valence-electron chi connectivity index (χ2n) is 3.50. The average molecular weight is 392 g/mol. The van der Waals surface area contributed by atoms with Crippen molar-refractivity contribution in [2.24, 2.45) is 0 Å². The van der Waals surface area contributed by atoms with Gasteiger partial charge in [-0.1, -0.05) is 15.9 Å². The van der Waals surface area contributed by atoms with Crippen LogP contribution in [0.2, 0.25) is 0 Å². The van der Waals surface area contributed by atoms with Crippen molar-refractivity contribution < 1.29 is 4.92 Å². The first-order valence-electron chi connectivity index (χ1n) is 4.97. The molecular formula is C11H8Br2N2O2S. The van der Waals surface area contributed by atoms with Gasteiger partial charge in [0.05, 0.1) is 4.92 Å². The maximum atomic E-state index is 10.9. The molecule has 1 aromatic heterocycles. The summed E-state index contributed by atoms with van der Waals surface area (Å²) in [5.41, 5.74) is 0.590. The van der Waals surface area contributed by atoms with Crippen LogP contribution in [-0.2, 0) is 6.54 Å². The summed E-state index contributed by atoms with van der Waals surface area (Å²) in [6.07, 6.45) is 0. The molecule has 1 aromatic carbocycles. The van der Waals surface area contributed by atoms with Crippen LogP contribution < -0.4 is 5.32 Å². The fraction of sp³-hybridized carbons (Fsp3) is 0.0909. The summed E-state index contributed by atoms with van der Waals surface area (Å²) in [5, 5.41) is 16.0. The SMILES string of the molecule is O=[N+]([O-])c1cc(Br)ccc1NCc1cc(Br)cs1. The van der Waals surface area contributed by atoms with E-state index in [1.807, 2.05) is 11.4 Å². The molecule has 0 radical (unpaired) electrons. The van der Waals surface area contributed by atoms with Crippen LogP contribution in [0.5, 0.6) is 0 Å². The molecule has 0 unspecified atom stereocenters. The lowest BCUT2D eigenvalue weighted by atomic mass is 10.2. The molecule has 0 amide bonds. The number of thiophene rings is 1. The van der Waals surface area contributed by atoms with Crippen molar-refractivity contribution in [3.8, 4) is 0 Å². The van der Waals surface area contributed by atoms with Crippen molar-refractivity contribution >= 4 is 54.6 Å². The van der Waals surface area contributed by atoms with Gasteiger partial charge in [0.2, 0.25) is 0 Å². The molecule has 94 valence electrons. The van der Waals surface area contributed by atoms with E-state index in [1.54, 1.807) is 23.5 Å². The number of anilines is 1. The highest BCUT2D eigenvalue weighted by Gasteiger charge is 2.13. The van der Waals surface area contributed by atoms with Gasteiger partial charge in [0.1, 0.15) is 5.69 Å². The number of nitrogens with zero attached hydrogens (tertiary/aromatic N) is 1. The Morgan fingerprint density at radius 3 is 2.67 bits per heavy atom. The van der Waals surface area contributed by atoms with E-state index in [0.29, 0.717) is 16.7 Å². The topological polar surface area (TPSA) is 55.2 Å². The normalized spacial score (nSPS) is 10.3. The minimum absolute atomic E-state index is 0.0694. The van der Waals surface area contributed by atoms with Crippen LogP contribution >= 0.6 is 43.2 Å². The number of hydrogen-bond acceptors (Lipinski definition) is 4. The summed E-state index contributed by atoms with van der Waals surface area (Å²) in [6, 6.07) is 6.96. The molecule has 0 spiro atoms. The van der Waals surface area contributed by atoms with E-state index in [4.69, 9.17) is 0 Å². The lowest BCUT2D eigenvalue weighted by Gasteiger charge is -2.05. The fourth-order valence-corrected chi connectivity index (χ4v) is 3.17. The van der Waals surface area contributed by atoms with Crippen LogP contribution in [-0.4, -0.2) is 4.92 Å². The predicted molar refractivity (Wildman–Crippen MR) is 80.1 cm³/mol. The smallest absolute Gasteiger partial charge is 0.293 e. The minimum atomic E-state index is -0.391. The number of hydrogen-bond donors (Lipinski definition) is 1. The second-order valence-corrected chi connectivity index (χ2v) is 6.33. The molecule has 0 bridgehead atoms. The van der Waals surface area contributed by atoms with Gasteiger partial charge in [0, 0.05) is 31.8 Å². The Hall–Kier alpha value is -0.920. The Balaban J connectivity index is 2.16. The van der Waals surface area contributed by atoms with Gasteiger partial charge in [-0.25, -0.2) is 0 Å². The highest BCUT2D eigenvalue weighted by atomic mass is 79.9. The molecule has 1 heterocycles. The number of halogens is 2. The van der Waals surface area contributed by atoms with Gasteiger partial charge in [0.15, 0.2) is 0 Å². The number of nitrogens with one attached hydrogen (secondary N) is 1. The van der Waals surface area contributed by atoms with E-state index >= 15 is 0 Å². The fourth-order valence-electron chi connectivity index (χ4n) is 1.43. The Kier molecular flexibility index (Phi) is 4.36. The Bertz CT molecular complexity index is 586. The summed E-state index contributed by atoms with van der Waals surface area (Å²) < 4.78 is 1.72. The first-order chi connectivity index (χ1) is 8.56. The molecule has 0 aliphatic carbocycles. The molecule has 0 aliphatic heterocycles. The lowest BCUT2D eigenvalue weighted by molar-refractivity contribution is -0.384. The Morgan fingerprint density at radius 2 is 2.06 bits per heavy atom. The third-order valence-electron chi connectivity index (χ3n) is 2.23. The van der Waals surface area contributed by atoms with Crippen LogP contribution in [0, 0.1) is 10.1 Å². The van der Waals surface area contributed by atoms with Gasteiger partial charge in [-0.05, 0) is 34.1 Å². The standard InChI is InChI=1S/C11H8Br2N2O2S/c12-7-1-2-10(11(4-7)15(16)17)14-5-9-3-8(13)6-18-9/h1-4,6,14H,5H2. The van der Waals surface area contributed by atoms with Crippen molar-refractivity contribution in [2.45, 2.75) is 6.54 Å². The first kappa shape index (κ1) is 13.5. The number of rotatable bonds is 4. The van der Waals surface area contributed by atoms with Crippen molar-refractivity contribution in [3.05, 3.63) is 53.6 Å². The summed E-state index contributed by atoms with van der Waals surface area (Å²) >= 11 is 8.20. The van der Waals surface area contributed by atoms with Crippen molar-refractivity contribution in [3.63, 3.8) is 0 Å². The first-order valence-corrected chi connectivity index (χ1v) is 7.43. The van der Waals surface area contributed by atoms with E-state index in [9.17, 15) is 10.1 Å². The Morgan fingerprint density at radius 1 is 1.28 bits per heavy atom. The second kappa shape index (κ2) is 5.81. The molecule has 0 fully saturated rings. The summed E-state index contributed by atoms with van der Waals surface area (Å²) in [5.74, 6) is 0. The predicted octanol–water partition coefficient (Wildman–Crippen LogP) is 4.79. The molecule has 0 atom stereocenters. The van der Waals surface area contributed by atoms with E-state index in [2.05, 4.69) is 37.2 Å². The molecule has 0 aliphatic rings. The van der Waals surface area contributed by atoms with Gasteiger partial charge in [-0.2, -0.15) is 0 Å². The van der Waals surface area contributed by atoms with Crippen LogP contribution in [0.3, 0.4) is 0 Å². The summed E-state index contributed by atoms with van der Waals surface area (Å²) in [6.45, 7) is 0.568. The molecular weight excluding hydrogens is 384 g/mol. The van der Waals surface area contributed by atoms with Crippen molar-refractivity contribution in [2.75, 3.05) is 5.32 Å². The van der Waals surface area contributed by atoms with Gasteiger partial charge in [-0.15, -0.1) is 11.3 Å². The molecule has 18 heavy (non-hydrogen) atoms. The van der Waals surface area contributed by atoms with Crippen LogP contribution in [0.1, 0.15) is 4.88 Å². The lowest BCUT2D eigenvalue weighted by Crippen LogP contribution is -2.01. The van der Waals surface area contributed by atoms with Crippen molar-refractivity contribution in [1.82, 2.24) is 0 Å². The molecule has 7 heteroatoms. The van der Waals surface area contributed by atoms with E-state index in [0.717, 1.165) is 9.35 Å². The molecule has 0 saturated carbocycles. The maximum Gasteiger partial charge on any atom is 0.293 e. The number of nitro benzene ring substituents is 1. The van der Waals surface area contributed by atoms with E-state index in [-0.39, 0.29) is 5.69 Å². The highest BCUT2D eigenvalue weighted by Crippen LogP contribution is 2.29. The van der Waals surface area contributed by atoms with Gasteiger partial charge < -0.3 is 5.32 Å². The number of nitro groups is 1. The molecule has 1 N–H and O–H groups in total. The Labute approximate surface area is 124 Å². The van der Waals surface area contributed by atoms with Crippen LogP contribution in [0.4, 0.5) is 11.4 Å². The summed E-state index contributed by atoms with van der Waals surface area (Å²) in [4.78, 5) is 11.6. The maximum absolute atomic E-state index is 10.9. The average Bonchev–Trinajstić information content (AvgIpc) is 2.73. The largest absolute Gasteiger partial charge is 0.375 e. The van der Waals surface area contributed by atoms with Gasteiger partial charge >= 0.3 is 0 Å². The van der Waals surface area contributed by atoms with E-state index < -0.39 is 4.92 Å². The zero-order valence-electron chi connectivity index (χ0n) is 9.02. The molecule has 0 saturated heterocycles. The minimum Gasteiger partial charge on any atom is -0.375 e. The molecule has 2 aromatic rings. The zero-order valence-corrected chi connectivity index (χ0v) is 13.0. The van der Waals surface area contributed by atoms with Crippen LogP contribution in [0.15, 0.2) is 38.6 Å². The summed E-state index contributed by atoms with van der Waals surface area (Å²) in [7, 11) is 0. The highest BCUT2D eigenvalue weighted by molar-refractivity contribution is 9.10. The monoisotopic (exact) mass is 390 g/mol. The van der Waals surface area contributed by atoms with Gasteiger partial charge in [-0.3, -0.25) is 10.1 Å². The third-order valence-corrected chi connectivity index (χ3v) is 4.42. The molecule has 2 rings (SSSR count). The number of benzene rings is 1. The van der Waals surface area contributed by atoms with E-state index in [1.165, 1.54) is 6.07 Å². The third kappa shape index (κ3) is 3.30.